The highest BCUT2D eigenvalue weighted by Crippen LogP contribution is 2.04. The van der Waals surface area contributed by atoms with Crippen molar-refractivity contribution in [3.63, 3.8) is 0 Å². The van der Waals surface area contributed by atoms with Crippen molar-refractivity contribution in [2.24, 2.45) is 17.2 Å². The van der Waals surface area contributed by atoms with Gasteiger partial charge < -0.3 is 47.8 Å². The van der Waals surface area contributed by atoms with Crippen molar-refractivity contribution in [1.29, 1.82) is 0 Å². The zero-order valence-corrected chi connectivity index (χ0v) is 29.5. The van der Waals surface area contributed by atoms with Crippen LogP contribution in [0.25, 0.3) is 0 Å². The van der Waals surface area contributed by atoms with Gasteiger partial charge in [-0.25, -0.2) is 0 Å². The summed E-state index contributed by atoms with van der Waals surface area (Å²) in [6.45, 7) is 13.5. The first-order valence-corrected chi connectivity index (χ1v) is 15.0. The maximum absolute atomic E-state index is 10.8. The van der Waals surface area contributed by atoms with Gasteiger partial charge in [-0.3, -0.25) is 53.3 Å². The van der Waals surface area contributed by atoms with E-state index in [1.54, 1.807) is 32.6 Å². The van der Waals surface area contributed by atoms with Gasteiger partial charge in [0.25, 0.3) is 0 Å². The lowest BCUT2D eigenvalue weighted by Crippen LogP contribution is -2.51. The highest BCUT2D eigenvalue weighted by molar-refractivity contribution is 5.73. The molecule has 0 radical (unpaired) electrons. The third-order valence-electron chi connectivity index (χ3n) is 5.54. The van der Waals surface area contributed by atoms with E-state index in [0.717, 1.165) is 9.80 Å². The Bertz CT molecular complexity index is 845. The summed E-state index contributed by atoms with van der Waals surface area (Å²) in [6, 6.07) is 0.530. The predicted octanol–water partition coefficient (Wildman–Crippen LogP) is -1.70. The van der Waals surface area contributed by atoms with Crippen molar-refractivity contribution in [3.05, 3.63) is 0 Å². The fraction of sp³-hybridized carbons (Fsp3) is 0.786. The van der Waals surface area contributed by atoms with Crippen LogP contribution in [0.3, 0.4) is 0 Å². The molecule has 0 saturated carbocycles. The second kappa shape index (κ2) is 29.6. The summed E-state index contributed by atoms with van der Waals surface area (Å²) >= 11 is 0. The number of nitrogens with two attached hydrogens (primary N) is 3. The first kappa shape index (κ1) is 51.3. The Hall–Kier alpha value is -3.50. The number of carboxylic acid groups (broad SMARTS) is 6. The van der Waals surface area contributed by atoms with Gasteiger partial charge in [0.1, 0.15) is 0 Å². The van der Waals surface area contributed by atoms with Crippen LogP contribution in [-0.2, 0) is 28.8 Å². The van der Waals surface area contributed by atoms with Gasteiger partial charge in [-0.05, 0) is 47.6 Å². The minimum Gasteiger partial charge on any atom is -0.480 e. The monoisotopic (exact) mass is 700 g/mol. The zero-order valence-electron chi connectivity index (χ0n) is 29.5. The van der Waals surface area contributed by atoms with E-state index in [0.29, 0.717) is 25.4 Å². The van der Waals surface area contributed by atoms with Crippen LogP contribution >= 0.6 is 0 Å². The smallest absolute Gasteiger partial charge is 0.317 e. The van der Waals surface area contributed by atoms with Gasteiger partial charge in [0.15, 0.2) is 0 Å². The second-order valence-electron chi connectivity index (χ2n) is 11.6. The van der Waals surface area contributed by atoms with Gasteiger partial charge in [0, 0.05) is 31.5 Å². The van der Waals surface area contributed by atoms with E-state index < -0.39 is 62.0 Å². The van der Waals surface area contributed by atoms with E-state index >= 15 is 0 Å². The SMILES string of the molecule is CC(C)N.CC(C)N(CC(=O)O)CC(=O)O.CC(C)N(CN(CC(=O)O)CC(=O)O)CN(CC(=O)O)CC(=O)O.CC(C)N(CN)CN. The molecule has 20 heteroatoms. The first-order chi connectivity index (χ1) is 21.9. The number of carboxylic acids is 6. The number of hydrogen-bond donors (Lipinski definition) is 9. The third kappa shape index (κ3) is 37.0. The van der Waals surface area contributed by atoms with Crippen LogP contribution in [0.1, 0.15) is 55.4 Å². The molecule has 0 fully saturated rings. The molecule has 0 aromatic rings. The zero-order chi connectivity index (χ0) is 38.7. The molecule has 0 aromatic heterocycles. The number of rotatable bonds is 21. The molecule has 0 aliphatic carbocycles. The van der Waals surface area contributed by atoms with Crippen molar-refractivity contribution in [2.45, 2.75) is 79.6 Å². The van der Waals surface area contributed by atoms with Crippen LogP contribution in [0.2, 0.25) is 0 Å². The molecule has 0 aliphatic rings. The lowest BCUT2D eigenvalue weighted by atomic mass is 10.3. The molecule has 0 saturated heterocycles. The molecule has 0 unspecified atom stereocenters. The van der Waals surface area contributed by atoms with Crippen molar-refractivity contribution in [3.8, 4) is 0 Å². The normalized spacial score (nSPS) is 11.0. The molecule has 0 heterocycles. The van der Waals surface area contributed by atoms with Gasteiger partial charge in [-0.2, -0.15) is 0 Å². The lowest BCUT2D eigenvalue weighted by Gasteiger charge is -2.35. The van der Waals surface area contributed by atoms with Crippen LogP contribution in [0, 0.1) is 0 Å². The summed E-state index contributed by atoms with van der Waals surface area (Å²) < 4.78 is 0. The van der Waals surface area contributed by atoms with E-state index in [9.17, 15) is 28.8 Å². The molecule has 0 rings (SSSR count). The summed E-state index contributed by atoms with van der Waals surface area (Å²) in [5, 5.41) is 52.2. The maximum atomic E-state index is 10.8. The van der Waals surface area contributed by atoms with E-state index in [1.165, 1.54) is 4.90 Å². The Balaban J connectivity index is -0.000000332. The molecular weight excluding hydrogens is 640 g/mol. The quantitative estimate of drug-likeness (QED) is 0.0603. The summed E-state index contributed by atoms with van der Waals surface area (Å²) in [5.41, 5.74) is 15.8. The van der Waals surface area contributed by atoms with Gasteiger partial charge in [0.05, 0.1) is 52.6 Å². The fourth-order valence-corrected chi connectivity index (χ4v) is 3.23. The predicted molar refractivity (Wildman–Crippen MR) is 177 cm³/mol. The molecule has 0 spiro atoms. The second-order valence-corrected chi connectivity index (χ2v) is 11.6. The topological polar surface area (TPSA) is 318 Å². The number of nitrogens with zero attached hydrogens (tertiary/aromatic N) is 5. The van der Waals surface area contributed by atoms with Crippen LogP contribution in [0.4, 0.5) is 0 Å². The van der Waals surface area contributed by atoms with Gasteiger partial charge in [0.2, 0.25) is 0 Å². The summed E-state index contributed by atoms with van der Waals surface area (Å²) in [5.74, 6) is -6.82. The summed E-state index contributed by atoms with van der Waals surface area (Å²) in [4.78, 5) is 71.1. The van der Waals surface area contributed by atoms with Crippen LogP contribution < -0.4 is 17.2 Å². The Morgan fingerprint density at radius 2 is 0.646 bits per heavy atom. The van der Waals surface area contributed by atoms with E-state index in [-0.39, 0.29) is 38.5 Å². The molecule has 0 atom stereocenters. The van der Waals surface area contributed by atoms with Gasteiger partial charge in [-0.1, -0.05) is 13.8 Å². The Kier molecular flexibility index (Phi) is 31.7. The number of hydrogen-bond acceptors (Lipinski definition) is 14. The van der Waals surface area contributed by atoms with E-state index in [2.05, 4.69) is 13.8 Å². The molecule has 284 valence electrons. The Morgan fingerprint density at radius 1 is 0.438 bits per heavy atom. The summed E-state index contributed by atoms with van der Waals surface area (Å²) in [7, 11) is 0. The van der Waals surface area contributed by atoms with Crippen LogP contribution in [-0.4, -0.2) is 181 Å². The minimum atomic E-state index is -1.20. The molecular formula is C28H60N8O12. The highest BCUT2D eigenvalue weighted by atomic mass is 16.4. The summed E-state index contributed by atoms with van der Waals surface area (Å²) in [6.07, 6.45) is 0. The first-order valence-electron chi connectivity index (χ1n) is 15.0. The highest BCUT2D eigenvalue weighted by Gasteiger charge is 2.23. The largest absolute Gasteiger partial charge is 0.480 e. The van der Waals surface area contributed by atoms with Crippen LogP contribution in [0.5, 0.6) is 0 Å². The molecule has 0 amide bonds. The van der Waals surface area contributed by atoms with Gasteiger partial charge >= 0.3 is 35.8 Å². The lowest BCUT2D eigenvalue weighted by molar-refractivity contribution is -0.145. The molecule has 0 aliphatic heterocycles. The third-order valence-corrected chi connectivity index (χ3v) is 5.54. The van der Waals surface area contributed by atoms with Gasteiger partial charge in [-0.15, -0.1) is 0 Å². The van der Waals surface area contributed by atoms with Crippen molar-refractivity contribution >= 4 is 35.8 Å². The number of carbonyl (C=O) groups is 6. The Morgan fingerprint density at radius 3 is 0.771 bits per heavy atom. The minimum absolute atomic E-state index is 0.0635. The standard InChI is InChI=1S/C13H23N3O8.C7H13NO4.C5H15N3.C3H9N/c1-9(2)16(7-14(3-10(17)18)4-11(19)20)8-15(5-12(21)22)6-13(23)24;1-5(2)8(3-6(9)10)4-7(11)12;1-5(2)8(3-6)4-7;1-3(2)4/h9H,3-8H2,1-2H3,(H,17,18)(H,19,20)(H,21,22)(H,23,24);5H,3-4H2,1-2H3,(H,9,10)(H,11,12);5H,3-4,6-7H2,1-2H3;3H,4H2,1-2H3. The molecule has 0 aromatic carbocycles. The fourth-order valence-electron chi connectivity index (χ4n) is 3.23. The van der Waals surface area contributed by atoms with Crippen molar-refractivity contribution in [1.82, 2.24) is 24.5 Å². The molecule has 20 nitrogen and oxygen atoms in total. The van der Waals surface area contributed by atoms with Crippen molar-refractivity contribution < 1.29 is 59.4 Å². The average Bonchev–Trinajstić information content (AvgIpc) is 2.86. The van der Waals surface area contributed by atoms with Crippen molar-refractivity contribution in [2.75, 3.05) is 65.9 Å². The van der Waals surface area contributed by atoms with E-state index in [4.69, 9.17) is 47.8 Å². The number of aliphatic carboxylic acids is 6. The average molecular weight is 701 g/mol. The molecule has 48 heavy (non-hydrogen) atoms. The van der Waals surface area contributed by atoms with E-state index in [1.807, 2.05) is 18.7 Å². The Labute approximate surface area is 282 Å². The maximum Gasteiger partial charge on any atom is 0.317 e. The molecule has 0 bridgehead atoms. The molecule has 12 N–H and O–H groups in total. The van der Waals surface area contributed by atoms with Crippen LogP contribution in [0.15, 0.2) is 0 Å².